The number of halogens is 1. The van der Waals surface area contributed by atoms with Crippen molar-refractivity contribution < 1.29 is 23.6 Å². The highest BCUT2D eigenvalue weighted by molar-refractivity contribution is 6.23. The van der Waals surface area contributed by atoms with Crippen molar-refractivity contribution in [2.45, 2.75) is 56.5 Å². The number of piperidine rings is 2. The third-order valence-corrected chi connectivity index (χ3v) is 12.5. The number of rotatable bonds is 8. The average molecular weight is 768 g/mol. The molecule has 0 saturated carbocycles. The molecule has 5 aliphatic heterocycles. The van der Waals surface area contributed by atoms with Crippen molar-refractivity contribution >= 4 is 40.9 Å². The Morgan fingerprint density at radius 2 is 1.60 bits per heavy atom. The summed E-state index contributed by atoms with van der Waals surface area (Å²) < 4.78 is 16.0. The maximum atomic E-state index is 14.1. The number of likely N-dealkylation sites (tertiary alicyclic amines) is 1. The van der Waals surface area contributed by atoms with Gasteiger partial charge in [0, 0.05) is 51.6 Å². The molecule has 1 unspecified atom stereocenters. The lowest BCUT2D eigenvalue weighted by Crippen LogP contribution is -2.54. The molecule has 4 fully saturated rings. The van der Waals surface area contributed by atoms with E-state index in [9.17, 15) is 23.6 Å². The molecule has 0 aliphatic carbocycles. The second-order valence-electron chi connectivity index (χ2n) is 16.0. The molecule has 4 amide bonds. The summed E-state index contributed by atoms with van der Waals surface area (Å²) in [5.41, 5.74) is 5.02. The summed E-state index contributed by atoms with van der Waals surface area (Å²) in [4.78, 5) is 68.3. The van der Waals surface area contributed by atoms with Crippen molar-refractivity contribution in [1.29, 1.82) is 0 Å². The molecule has 57 heavy (non-hydrogen) atoms. The molecular formula is C43H42FN9O4. The summed E-state index contributed by atoms with van der Waals surface area (Å²) in [6.45, 7) is 5.46. The standard InChI is InChI=1S/C43H42FN9O4/c44-30-5-1-4-28(20-30)34-7-3-17-51(34)39-13-12-37-45-22-36(53(37)48-39)33-6-2-8-38(46-33)50-18-15-26(16-19-50)23-49-24-29(25-49)27-9-10-31-32(21-27)43(57)52(42(31)56)35-11-14-40(54)47-41(35)55/h1-2,4-6,8-10,12-13,20-22,26,29,34-35H,3,7,11,14-19,23-25H2,(H,47,54,55)/t34-,35?/m1/s1. The van der Waals surface area contributed by atoms with Crippen molar-refractivity contribution in [2.24, 2.45) is 5.92 Å². The molecule has 290 valence electrons. The van der Waals surface area contributed by atoms with E-state index in [-0.39, 0.29) is 36.5 Å². The highest BCUT2D eigenvalue weighted by Gasteiger charge is 2.45. The Morgan fingerprint density at radius 1 is 0.772 bits per heavy atom. The third kappa shape index (κ3) is 6.41. The van der Waals surface area contributed by atoms with Crippen molar-refractivity contribution in [3.8, 4) is 11.4 Å². The van der Waals surface area contributed by atoms with Crippen LogP contribution in [0, 0.1) is 11.7 Å². The number of benzene rings is 2. The molecule has 5 aromatic rings. The molecule has 4 saturated heterocycles. The maximum absolute atomic E-state index is 14.1. The predicted molar refractivity (Wildman–Crippen MR) is 209 cm³/mol. The van der Waals surface area contributed by atoms with Crippen LogP contribution in [0.1, 0.15) is 82.3 Å². The van der Waals surface area contributed by atoms with Crippen molar-refractivity contribution in [3.05, 3.63) is 107 Å². The van der Waals surface area contributed by atoms with Crippen molar-refractivity contribution in [3.63, 3.8) is 0 Å². The van der Waals surface area contributed by atoms with E-state index in [1.54, 1.807) is 18.2 Å². The number of amides is 4. The molecule has 2 aromatic carbocycles. The van der Waals surface area contributed by atoms with Crippen LogP contribution in [-0.4, -0.2) is 98.3 Å². The number of imide groups is 2. The first kappa shape index (κ1) is 35.4. The molecule has 14 heteroatoms. The number of nitrogens with one attached hydrogen (secondary N) is 1. The first-order valence-corrected chi connectivity index (χ1v) is 19.9. The van der Waals surface area contributed by atoms with E-state index < -0.39 is 23.8 Å². The lowest BCUT2D eigenvalue weighted by Gasteiger charge is -2.43. The van der Waals surface area contributed by atoms with Gasteiger partial charge in [-0.25, -0.2) is 18.9 Å². The van der Waals surface area contributed by atoms with Crippen LogP contribution in [0.25, 0.3) is 17.0 Å². The van der Waals surface area contributed by atoms with Crippen molar-refractivity contribution in [1.82, 2.24) is 34.7 Å². The molecule has 1 N–H and O–H groups in total. The second kappa shape index (κ2) is 14.2. The van der Waals surface area contributed by atoms with Gasteiger partial charge in [0.25, 0.3) is 11.8 Å². The van der Waals surface area contributed by atoms with E-state index in [0.29, 0.717) is 17.0 Å². The number of carbonyl (C=O) groups excluding carboxylic acids is 4. The van der Waals surface area contributed by atoms with E-state index in [4.69, 9.17) is 10.1 Å². The van der Waals surface area contributed by atoms with Gasteiger partial charge in [0.1, 0.15) is 29.2 Å². The van der Waals surface area contributed by atoms with Gasteiger partial charge in [0.05, 0.1) is 29.1 Å². The van der Waals surface area contributed by atoms with E-state index in [2.05, 4.69) is 31.1 Å². The Morgan fingerprint density at radius 3 is 2.42 bits per heavy atom. The van der Waals surface area contributed by atoms with Gasteiger partial charge in [-0.05, 0) is 97.7 Å². The Balaban J connectivity index is 0.755. The molecule has 0 bridgehead atoms. The zero-order valence-corrected chi connectivity index (χ0v) is 31.4. The first-order chi connectivity index (χ1) is 27.8. The van der Waals surface area contributed by atoms with Gasteiger partial charge < -0.3 is 14.7 Å². The van der Waals surface area contributed by atoms with E-state index >= 15 is 0 Å². The van der Waals surface area contributed by atoms with E-state index in [1.165, 1.54) is 6.07 Å². The number of imidazole rings is 1. The molecule has 13 nitrogen and oxygen atoms in total. The smallest absolute Gasteiger partial charge is 0.262 e. The van der Waals surface area contributed by atoms with Gasteiger partial charge in [-0.2, -0.15) is 0 Å². The number of fused-ring (bicyclic) bond motifs is 2. The van der Waals surface area contributed by atoms with Gasteiger partial charge in [-0.3, -0.25) is 29.4 Å². The van der Waals surface area contributed by atoms with E-state index in [1.807, 2.05) is 53.2 Å². The molecule has 2 atom stereocenters. The largest absolute Gasteiger partial charge is 0.357 e. The number of aromatic nitrogens is 4. The second-order valence-corrected chi connectivity index (χ2v) is 16.0. The maximum Gasteiger partial charge on any atom is 0.262 e. The molecule has 0 spiro atoms. The summed E-state index contributed by atoms with van der Waals surface area (Å²) in [5, 5.41) is 7.28. The summed E-state index contributed by atoms with van der Waals surface area (Å²) in [6.07, 6.45) is 6.14. The minimum Gasteiger partial charge on any atom is -0.357 e. The third-order valence-electron chi connectivity index (χ3n) is 12.5. The van der Waals surface area contributed by atoms with Crippen LogP contribution in [0.2, 0.25) is 0 Å². The van der Waals surface area contributed by atoms with Crippen LogP contribution in [0.15, 0.2) is 79.0 Å². The number of hydrogen-bond donors (Lipinski definition) is 1. The summed E-state index contributed by atoms with van der Waals surface area (Å²) in [6, 6.07) is 21.5. The fourth-order valence-electron chi connectivity index (χ4n) is 9.42. The van der Waals surface area contributed by atoms with E-state index in [0.717, 1.165) is 110 Å². The predicted octanol–water partition coefficient (Wildman–Crippen LogP) is 4.99. The molecule has 3 aromatic heterocycles. The zero-order chi connectivity index (χ0) is 38.8. The summed E-state index contributed by atoms with van der Waals surface area (Å²) >= 11 is 0. The van der Waals surface area contributed by atoms with Crippen LogP contribution in [-0.2, 0) is 9.59 Å². The lowest BCUT2D eigenvalue weighted by atomic mass is 9.87. The van der Waals surface area contributed by atoms with Crippen LogP contribution >= 0.6 is 0 Å². The topological polar surface area (TPSA) is 136 Å². The van der Waals surface area contributed by atoms with Gasteiger partial charge in [0.15, 0.2) is 5.65 Å². The number of carbonyl (C=O) groups is 4. The van der Waals surface area contributed by atoms with Gasteiger partial charge >= 0.3 is 0 Å². The van der Waals surface area contributed by atoms with Gasteiger partial charge in [0.2, 0.25) is 11.8 Å². The molecular weight excluding hydrogens is 726 g/mol. The number of nitrogens with zero attached hydrogens (tertiary/aromatic N) is 8. The van der Waals surface area contributed by atoms with Crippen LogP contribution in [0.5, 0.6) is 0 Å². The van der Waals surface area contributed by atoms with Crippen LogP contribution in [0.3, 0.4) is 0 Å². The SMILES string of the molecule is O=C1CCC(N2C(=O)c3ccc(C4CN(CC5CCN(c6cccc(-c7cnc8ccc(N9CCC[C@@H]9c9cccc(F)c9)nn78)n6)CC5)C4)cc3C2=O)C(=O)N1. The number of anilines is 2. The summed E-state index contributed by atoms with van der Waals surface area (Å²) in [7, 11) is 0. The Labute approximate surface area is 328 Å². The monoisotopic (exact) mass is 767 g/mol. The van der Waals surface area contributed by atoms with Gasteiger partial charge in [-0.15, -0.1) is 5.10 Å². The molecule has 10 rings (SSSR count). The van der Waals surface area contributed by atoms with Crippen LogP contribution in [0.4, 0.5) is 16.0 Å². The molecule has 0 radical (unpaired) electrons. The lowest BCUT2D eigenvalue weighted by molar-refractivity contribution is -0.136. The molecule has 8 heterocycles. The summed E-state index contributed by atoms with van der Waals surface area (Å²) in [5.74, 6) is 0.451. The highest BCUT2D eigenvalue weighted by atomic mass is 19.1. The minimum absolute atomic E-state index is 0.0656. The quantitative estimate of drug-likeness (QED) is 0.215. The minimum atomic E-state index is -0.962. The van der Waals surface area contributed by atoms with Gasteiger partial charge in [-0.1, -0.05) is 24.3 Å². The fourth-order valence-corrected chi connectivity index (χ4v) is 9.42. The van der Waals surface area contributed by atoms with Crippen molar-refractivity contribution in [2.75, 3.05) is 49.1 Å². The Hall–Kier alpha value is -6.02. The van der Waals surface area contributed by atoms with Crippen LogP contribution < -0.4 is 15.1 Å². The number of hydrogen-bond acceptors (Lipinski definition) is 10. The normalized spacial score (nSPS) is 22.1. The average Bonchev–Trinajstić information content (AvgIpc) is 3.93. The zero-order valence-electron chi connectivity index (χ0n) is 31.4. The first-order valence-electron chi connectivity index (χ1n) is 19.9. The molecule has 5 aliphatic rings. The highest BCUT2D eigenvalue weighted by Crippen LogP contribution is 2.37. The fraction of sp³-hybridized carbons (Fsp3) is 0.372. The Bertz CT molecular complexity index is 2440. The Kier molecular flexibility index (Phi) is 8.80. The number of pyridine rings is 1.